The van der Waals surface area contributed by atoms with Crippen LogP contribution in [0.15, 0.2) is 0 Å². The van der Waals surface area contributed by atoms with E-state index in [4.69, 9.17) is 12.3 Å². The van der Waals surface area contributed by atoms with E-state index >= 15 is 0 Å². The smallest absolute Gasteiger partial charge is 0.293 e. The van der Waals surface area contributed by atoms with Crippen LogP contribution in [0.4, 0.5) is 0 Å². The normalized spacial score (nSPS) is 18.4. The van der Waals surface area contributed by atoms with Crippen molar-refractivity contribution in [3.63, 3.8) is 0 Å². The summed E-state index contributed by atoms with van der Waals surface area (Å²) >= 11 is 0. The van der Waals surface area contributed by atoms with Gasteiger partial charge in [0.05, 0.1) is 6.61 Å². The minimum Gasteiger partial charge on any atom is -0.468 e. The highest BCUT2D eigenvalue weighted by Gasteiger charge is 2.26. The minimum absolute atomic E-state index is 0.426. The van der Waals surface area contributed by atoms with Crippen molar-refractivity contribution in [2.45, 2.75) is 64.0 Å². The van der Waals surface area contributed by atoms with Gasteiger partial charge >= 0.3 is 0 Å². The Labute approximate surface area is 121 Å². The van der Waals surface area contributed by atoms with Crippen molar-refractivity contribution in [1.29, 1.82) is 0 Å². The summed E-state index contributed by atoms with van der Waals surface area (Å²) in [6.07, 6.45) is 9.24. The second-order valence-electron chi connectivity index (χ2n) is 5.10. The monoisotopic (exact) mass is 282 g/mol. The van der Waals surface area contributed by atoms with E-state index in [1.165, 1.54) is 25.7 Å². The minimum atomic E-state index is 0.426. The molecule has 20 heavy (non-hydrogen) atoms. The van der Waals surface area contributed by atoms with Crippen LogP contribution in [-0.4, -0.2) is 31.4 Å². The molecule has 0 bridgehead atoms. The van der Waals surface area contributed by atoms with Gasteiger partial charge in [0.15, 0.2) is 0 Å². The number of hydrogen-bond acceptors (Lipinski definition) is 4. The molecule has 2 N–H and O–H groups in total. The van der Waals surface area contributed by atoms with Crippen LogP contribution in [0.25, 0.3) is 4.85 Å². The van der Waals surface area contributed by atoms with Gasteiger partial charge in [-0.25, -0.2) is 6.57 Å². The molecular formula is C15H26N2O3. The number of nitrogens with two attached hydrogens (primary N) is 1. The Kier molecular flexibility index (Phi) is 11.7. The predicted octanol–water partition coefficient (Wildman–Crippen LogP) is 2.34. The number of hydrogen-bond donors (Lipinski definition) is 1. The number of ether oxygens (including phenoxy) is 1. The second kappa shape index (κ2) is 12.6. The van der Waals surface area contributed by atoms with E-state index in [-0.39, 0.29) is 0 Å². The van der Waals surface area contributed by atoms with Crippen LogP contribution in [0, 0.1) is 12.5 Å². The van der Waals surface area contributed by atoms with Crippen LogP contribution < -0.4 is 5.73 Å². The molecule has 3 rings (SSSR count). The number of carbonyl (C=O) groups excluding carboxylic acids is 2. The number of carbonyl (C=O) groups is 2. The largest absolute Gasteiger partial charge is 0.468 e. The zero-order valence-electron chi connectivity index (χ0n) is 12.3. The summed E-state index contributed by atoms with van der Waals surface area (Å²) in [5.41, 5.74) is 5.22. The molecule has 3 aliphatic rings. The standard InChI is InChI=1S/C5H8O.C4H5N.C3H7N.C3H6O2/c6-4-3-5-1-2-5;1-5-4-2-3-4;4-3-1-2-3;1-2-5-3-4/h4-5H,1-3H2;4H,2-3H2;3H,1-2,4H2;3H,2H2,1H3. The summed E-state index contributed by atoms with van der Waals surface area (Å²) < 4.78 is 4.15. The fraction of sp³-hybridized carbons (Fsp3) is 0.800. The van der Waals surface area contributed by atoms with Gasteiger partial charge in [-0.15, -0.1) is 0 Å². The average Bonchev–Trinajstić information content (AvgIpc) is 3.28. The number of nitrogens with zero attached hydrogens (tertiary/aromatic N) is 1. The Morgan fingerprint density at radius 1 is 1.20 bits per heavy atom. The Balaban J connectivity index is 0.000000243. The van der Waals surface area contributed by atoms with Crippen LogP contribution >= 0.6 is 0 Å². The molecule has 0 aliphatic heterocycles. The van der Waals surface area contributed by atoms with Crippen molar-refractivity contribution in [3.05, 3.63) is 11.4 Å². The highest BCUT2D eigenvalue weighted by Crippen LogP contribution is 2.30. The molecule has 3 aliphatic carbocycles. The molecule has 0 heterocycles. The first-order valence-electron chi connectivity index (χ1n) is 7.28. The Morgan fingerprint density at radius 3 is 1.80 bits per heavy atom. The fourth-order valence-electron chi connectivity index (χ4n) is 0.858. The van der Waals surface area contributed by atoms with Crippen LogP contribution in [0.3, 0.4) is 0 Å². The third-order valence-electron chi connectivity index (χ3n) is 2.71. The number of aldehydes is 1. The van der Waals surface area contributed by atoms with Crippen LogP contribution in [0.5, 0.6) is 0 Å². The summed E-state index contributed by atoms with van der Waals surface area (Å²) in [7, 11) is 0. The summed E-state index contributed by atoms with van der Waals surface area (Å²) in [6, 6.07) is 1.01. The molecule has 3 fully saturated rings. The molecule has 0 unspecified atom stereocenters. The maximum absolute atomic E-state index is 9.66. The lowest BCUT2D eigenvalue weighted by Gasteiger charge is -1.79. The Hall–Kier alpha value is -1.41. The van der Waals surface area contributed by atoms with Gasteiger partial charge in [-0.3, -0.25) is 4.79 Å². The van der Waals surface area contributed by atoms with Crippen LogP contribution in [-0.2, 0) is 14.3 Å². The highest BCUT2D eigenvalue weighted by atomic mass is 16.5. The van der Waals surface area contributed by atoms with E-state index in [9.17, 15) is 9.59 Å². The van der Waals surface area contributed by atoms with E-state index in [1.54, 1.807) is 6.92 Å². The molecule has 0 saturated heterocycles. The molecule has 3 saturated carbocycles. The van der Waals surface area contributed by atoms with Gasteiger partial charge in [-0.1, -0.05) is 0 Å². The quantitative estimate of drug-likeness (QED) is 0.634. The molecule has 0 atom stereocenters. The van der Waals surface area contributed by atoms with Gasteiger partial charge in [0.25, 0.3) is 6.47 Å². The van der Waals surface area contributed by atoms with E-state index in [0.29, 0.717) is 25.2 Å². The van der Waals surface area contributed by atoms with Crippen molar-refractivity contribution in [2.75, 3.05) is 6.61 Å². The van der Waals surface area contributed by atoms with E-state index < -0.39 is 0 Å². The third-order valence-corrected chi connectivity index (χ3v) is 2.71. The van der Waals surface area contributed by atoms with Gasteiger partial charge in [0.1, 0.15) is 6.29 Å². The molecule has 0 spiro atoms. The van der Waals surface area contributed by atoms with Gasteiger partial charge in [0, 0.05) is 25.3 Å². The van der Waals surface area contributed by atoms with Gasteiger partial charge in [0.2, 0.25) is 6.04 Å². The van der Waals surface area contributed by atoms with Crippen LogP contribution in [0.1, 0.15) is 51.9 Å². The summed E-state index contributed by atoms with van der Waals surface area (Å²) in [4.78, 5) is 22.1. The van der Waals surface area contributed by atoms with Gasteiger partial charge in [-0.05, 0) is 38.5 Å². The molecule has 114 valence electrons. The van der Waals surface area contributed by atoms with E-state index in [1.807, 2.05) is 0 Å². The lowest BCUT2D eigenvalue weighted by Crippen LogP contribution is -1.94. The van der Waals surface area contributed by atoms with Gasteiger partial charge < -0.3 is 20.1 Å². The highest BCUT2D eigenvalue weighted by molar-refractivity contribution is 5.50. The summed E-state index contributed by atoms with van der Waals surface area (Å²) in [5, 5.41) is 0. The van der Waals surface area contributed by atoms with Crippen molar-refractivity contribution in [2.24, 2.45) is 11.7 Å². The van der Waals surface area contributed by atoms with Crippen molar-refractivity contribution >= 4 is 12.8 Å². The Bertz CT molecular complexity index is 290. The van der Waals surface area contributed by atoms with Crippen molar-refractivity contribution in [1.82, 2.24) is 0 Å². The van der Waals surface area contributed by atoms with E-state index in [0.717, 1.165) is 31.5 Å². The Morgan fingerprint density at radius 2 is 1.75 bits per heavy atom. The topological polar surface area (TPSA) is 73.8 Å². The molecule has 0 aromatic heterocycles. The second-order valence-corrected chi connectivity index (χ2v) is 5.10. The third kappa shape index (κ3) is 18.9. The average molecular weight is 282 g/mol. The van der Waals surface area contributed by atoms with Crippen molar-refractivity contribution in [3.8, 4) is 0 Å². The zero-order chi connectivity index (χ0) is 15.2. The zero-order valence-corrected chi connectivity index (χ0v) is 12.3. The maximum Gasteiger partial charge on any atom is 0.293 e. The molecular weight excluding hydrogens is 256 g/mol. The van der Waals surface area contributed by atoms with Crippen LogP contribution in [0.2, 0.25) is 0 Å². The SMILES string of the molecule is CCOC=O.NC1CC1.O=CCC1CC1.[C-]#[N+]C1CC1. The lowest BCUT2D eigenvalue weighted by atomic mass is 10.3. The first-order valence-corrected chi connectivity index (χ1v) is 7.28. The summed E-state index contributed by atoms with van der Waals surface area (Å²) in [6.45, 7) is 9.01. The molecule has 0 radical (unpaired) electrons. The fourth-order valence-corrected chi connectivity index (χ4v) is 0.858. The lowest BCUT2D eigenvalue weighted by molar-refractivity contribution is -0.128. The first-order chi connectivity index (χ1) is 9.67. The number of rotatable bonds is 4. The molecule has 0 amide bonds. The molecule has 5 heteroatoms. The van der Waals surface area contributed by atoms with Crippen molar-refractivity contribution < 1.29 is 14.3 Å². The molecule has 0 aromatic carbocycles. The predicted molar refractivity (Wildman–Crippen MR) is 77.9 cm³/mol. The maximum atomic E-state index is 9.66. The molecule has 0 aromatic rings. The van der Waals surface area contributed by atoms with E-state index in [2.05, 4.69) is 9.58 Å². The summed E-state index contributed by atoms with van der Waals surface area (Å²) in [5.74, 6) is 0.780. The first kappa shape index (κ1) is 18.6. The molecule has 5 nitrogen and oxygen atoms in total. The van der Waals surface area contributed by atoms with Gasteiger partial charge in [-0.2, -0.15) is 0 Å².